The van der Waals surface area contributed by atoms with Crippen molar-refractivity contribution in [2.75, 3.05) is 11.9 Å². The van der Waals surface area contributed by atoms with Crippen LogP contribution in [0.5, 0.6) is 5.88 Å². The summed E-state index contributed by atoms with van der Waals surface area (Å²) in [5.74, 6) is -0.427. The molecule has 1 aromatic heterocycles. The topological polar surface area (TPSA) is 88.5 Å². The zero-order valence-corrected chi connectivity index (χ0v) is 12.5. The summed E-state index contributed by atoms with van der Waals surface area (Å²) < 4.78 is 4.79. The predicted molar refractivity (Wildman–Crippen MR) is 86.4 cm³/mol. The number of aromatic hydroxyl groups is 1. The van der Waals surface area contributed by atoms with Crippen LogP contribution >= 0.6 is 0 Å². The molecule has 0 unspecified atom stereocenters. The maximum atomic E-state index is 12.1. The number of allylic oxidation sites excluding steroid dienone is 1. The fourth-order valence-corrected chi connectivity index (χ4v) is 1.84. The van der Waals surface area contributed by atoms with Crippen LogP contribution in [0.1, 0.15) is 22.8 Å². The minimum atomic E-state index is -0.651. The largest absolute Gasteiger partial charge is 0.493 e. The van der Waals surface area contributed by atoms with Crippen LogP contribution in [0.2, 0.25) is 0 Å². The van der Waals surface area contributed by atoms with Gasteiger partial charge in [-0.25, -0.2) is 9.78 Å². The Kier molecular flexibility index (Phi) is 5.46. The number of benzene rings is 1. The second kappa shape index (κ2) is 7.74. The van der Waals surface area contributed by atoms with E-state index in [1.54, 1.807) is 31.2 Å². The van der Waals surface area contributed by atoms with Gasteiger partial charge >= 0.3 is 6.09 Å². The van der Waals surface area contributed by atoms with E-state index in [1.165, 1.54) is 24.4 Å². The van der Waals surface area contributed by atoms with Gasteiger partial charge in [0.05, 0.1) is 12.3 Å². The fourth-order valence-electron chi connectivity index (χ4n) is 1.84. The molecule has 0 saturated carbocycles. The number of anilines is 1. The predicted octanol–water partition coefficient (Wildman–Crippen LogP) is 3.25. The number of amides is 1. The maximum absolute atomic E-state index is 12.1. The quantitative estimate of drug-likeness (QED) is 0.653. The Morgan fingerprint density at radius 3 is 2.74 bits per heavy atom. The van der Waals surface area contributed by atoms with E-state index in [9.17, 15) is 14.7 Å². The summed E-state index contributed by atoms with van der Waals surface area (Å²) in [5.41, 5.74) is 1.32. The minimum Gasteiger partial charge on any atom is -0.493 e. The Morgan fingerprint density at radius 1 is 1.30 bits per heavy atom. The van der Waals surface area contributed by atoms with Crippen molar-refractivity contribution in [3.05, 3.63) is 59.8 Å². The highest BCUT2D eigenvalue weighted by molar-refractivity contribution is 6.07. The molecule has 6 nitrogen and oxygen atoms in total. The van der Waals surface area contributed by atoms with Crippen LogP contribution in [0.15, 0.2) is 48.7 Å². The minimum absolute atomic E-state index is 0.180. The summed E-state index contributed by atoms with van der Waals surface area (Å²) >= 11 is 0. The molecule has 0 aliphatic rings. The summed E-state index contributed by atoms with van der Waals surface area (Å²) in [6.45, 7) is 1.91. The number of hydrogen-bond acceptors (Lipinski definition) is 5. The van der Waals surface area contributed by atoms with Crippen molar-refractivity contribution in [1.29, 1.82) is 0 Å². The van der Waals surface area contributed by atoms with E-state index in [0.29, 0.717) is 16.8 Å². The molecule has 0 atom stereocenters. The van der Waals surface area contributed by atoms with Crippen molar-refractivity contribution in [2.24, 2.45) is 0 Å². The molecule has 1 aromatic carbocycles. The Morgan fingerprint density at radius 2 is 2.04 bits per heavy atom. The lowest BCUT2D eigenvalue weighted by Gasteiger charge is -2.08. The summed E-state index contributed by atoms with van der Waals surface area (Å²) in [5, 5.41) is 11.9. The molecule has 2 N–H and O–H groups in total. The number of ketones is 1. The molecule has 0 aliphatic carbocycles. The van der Waals surface area contributed by atoms with E-state index in [1.807, 2.05) is 6.07 Å². The van der Waals surface area contributed by atoms with Crippen LogP contribution in [0.4, 0.5) is 10.5 Å². The maximum Gasteiger partial charge on any atom is 0.411 e. The molecular formula is C17H16N2O4. The number of aromatic nitrogens is 1. The normalized spacial score (nSPS) is 10.5. The van der Waals surface area contributed by atoms with Crippen molar-refractivity contribution in [2.45, 2.75) is 6.92 Å². The van der Waals surface area contributed by atoms with Gasteiger partial charge in [0.1, 0.15) is 0 Å². The molecule has 0 radical (unpaired) electrons. The number of nitrogens with one attached hydrogen (secondary N) is 1. The highest BCUT2D eigenvalue weighted by Crippen LogP contribution is 2.21. The van der Waals surface area contributed by atoms with E-state index in [0.717, 1.165) is 0 Å². The molecule has 1 heterocycles. The highest BCUT2D eigenvalue weighted by Gasteiger charge is 2.08. The second-order valence-corrected chi connectivity index (χ2v) is 4.54. The van der Waals surface area contributed by atoms with E-state index in [4.69, 9.17) is 4.74 Å². The van der Waals surface area contributed by atoms with Gasteiger partial charge in [-0.2, -0.15) is 0 Å². The van der Waals surface area contributed by atoms with Gasteiger partial charge in [0.15, 0.2) is 5.78 Å². The zero-order valence-electron chi connectivity index (χ0n) is 12.5. The first-order chi connectivity index (χ1) is 11.1. The van der Waals surface area contributed by atoms with E-state index in [2.05, 4.69) is 10.3 Å². The molecule has 1 amide bonds. The van der Waals surface area contributed by atoms with Crippen molar-refractivity contribution < 1.29 is 19.4 Å². The summed E-state index contributed by atoms with van der Waals surface area (Å²) in [4.78, 5) is 27.3. The number of carbonyl (C=O) groups is 2. The van der Waals surface area contributed by atoms with Crippen LogP contribution in [0.25, 0.3) is 6.08 Å². The smallest absolute Gasteiger partial charge is 0.411 e. The molecule has 2 rings (SSSR count). The molecule has 0 fully saturated rings. The van der Waals surface area contributed by atoms with Crippen LogP contribution in [-0.2, 0) is 4.74 Å². The SMILES string of the molecule is CCOC(=O)Nc1cc(O)ncc1C=CC(=O)c1ccccc1. The van der Waals surface area contributed by atoms with Gasteiger partial charge in [-0.05, 0) is 19.1 Å². The van der Waals surface area contributed by atoms with Crippen molar-refractivity contribution in [3.8, 4) is 5.88 Å². The van der Waals surface area contributed by atoms with Crippen molar-refractivity contribution >= 4 is 23.6 Å². The third kappa shape index (κ3) is 4.67. The van der Waals surface area contributed by atoms with Crippen LogP contribution in [-0.4, -0.2) is 28.6 Å². The first-order valence-corrected chi connectivity index (χ1v) is 7.00. The highest BCUT2D eigenvalue weighted by atomic mass is 16.5. The van der Waals surface area contributed by atoms with E-state index < -0.39 is 6.09 Å². The monoisotopic (exact) mass is 312 g/mol. The average molecular weight is 312 g/mol. The number of ether oxygens (including phenoxy) is 1. The standard InChI is InChI=1S/C17H16N2O4/c1-2-23-17(22)19-14-10-16(21)18-11-13(14)8-9-15(20)12-6-4-3-5-7-12/h3-11H,2H2,1H3,(H2,18,19,21,22). The Labute approximate surface area is 133 Å². The molecule has 0 saturated heterocycles. The summed E-state index contributed by atoms with van der Waals surface area (Å²) in [6, 6.07) is 10.1. The molecule has 0 spiro atoms. The molecule has 0 bridgehead atoms. The fraction of sp³-hybridized carbons (Fsp3) is 0.118. The van der Waals surface area contributed by atoms with Gasteiger partial charge in [0, 0.05) is 23.4 Å². The van der Waals surface area contributed by atoms with Crippen LogP contribution < -0.4 is 5.32 Å². The zero-order chi connectivity index (χ0) is 16.7. The van der Waals surface area contributed by atoms with Gasteiger partial charge in [-0.15, -0.1) is 0 Å². The number of carbonyl (C=O) groups excluding carboxylic acids is 2. The molecule has 2 aromatic rings. The van der Waals surface area contributed by atoms with E-state index in [-0.39, 0.29) is 18.3 Å². The summed E-state index contributed by atoms with van der Waals surface area (Å²) in [6.07, 6.45) is 3.59. The lowest BCUT2D eigenvalue weighted by Crippen LogP contribution is -2.14. The van der Waals surface area contributed by atoms with Crippen molar-refractivity contribution in [3.63, 3.8) is 0 Å². The van der Waals surface area contributed by atoms with Gasteiger partial charge in [-0.1, -0.05) is 30.3 Å². The molecule has 23 heavy (non-hydrogen) atoms. The van der Waals surface area contributed by atoms with Gasteiger partial charge in [-0.3, -0.25) is 10.1 Å². The Hall–Kier alpha value is -3.15. The van der Waals surface area contributed by atoms with Crippen LogP contribution in [0.3, 0.4) is 0 Å². The van der Waals surface area contributed by atoms with Gasteiger partial charge in [0.2, 0.25) is 5.88 Å². The number of hydrogen-bond donors (Lipinski definition) is 2. The molecule has 118 valence electrons. The van der Waals surface area contributed by atoms with Crippen LogP contribution in [0, 0.1) is 0 Å². The lowest BCUT2D eigenvalue weighted by atomic mass is 10.1. The molecule has 0 aliphatic heterocycles. The first kappa shape index (κ1) is 16.2. The lowest BCUT2D eigenvalue weighted by molar-refractivity contribution is 0.104. The summed E-state index contributed by atoms with van der Waals surface area (Å²) in [7, 11) is 0. The molecule has 6 heteroatoms. The van der Waals surface area contributed by atoms with E-state index >= 15 is 0 Å². The Bertz CT molecular complexity index is 727. The third-order valence-electron chi connectivity index (χ3n) is 2.91. The number of pyridine rings is 1. The van der Waals surface area contributed by atoms with Crippen molar-refractivity contribution in [1.82, 2.24) is 4.98 Å². The molecular weight excluding hydrogens is 296 g/mol. The van der Waals surface area contributed by atoms with Gasteiger partial charge in [0.25, 0.3) is 0 Å². The van der Waals surface area contributed by atoms with Gasteiger partial charge < -0.3 is 9.84 Å². The second-order valence-electron chi connectivity index (χ2n) is 4.54. The first-order valence-electron chi connectivity index (χ1n) is 7.00. The number of nitrogens with zero attached hydrogens (tertiary/aromatic N) is 1. The average Bonchev–Trinajstić information content (AvgIpc) is 2.55. The third-order valence-corrected chi connectivity index (χ3v) is 2.91. The Balaban J connectivity index is 2.20. The number of rotatable bonds is 5.